The molecule has 4 rings (SSSR count). The van der Waals surface area contributed by atoms with E-state index >= 15 is 0 Å². The van der Waals surface area contributed by atoms with Crippen LogP contribution < -0.4 is 0 Å². The second-order valence-electron chi connectivity index (χ2n) is 6.08. The number of benzene rings is 2. The maximum Gasteiger partial charge on any atom is 0.226 e. The van der Waals surface area contributed by atoms with Gasteiger partial charge in [-0.25, -0.2) is 9.97 Å². The van der Waals surface area contributed by atoms with Crippen molar-refractivity contribution in [3.05, 3.63) is 71.6 Å². The van der Waals surface area contributed by atoms with E-state index in [0.29, 0.717) is 16.8 Å². The number of oxazole rings is 1. The lowest BCUT2D eigenvalue weighted by molar-refractivity contribution is 0.573. The van der Waals surface area contributed by atoms with Crippen molar-refractivity contribution in [2.75, 3.05) is 0 Å². The number of hydrogen-bond acceptors (Lipinski definition) is 5. The van der Waals surface area contributed by atoms with Crippen LogP contribution in [0.3, 0.4) is 0 Å². The molecule has 0 unspecified atom stereocenters. The Hall–Kier alpha value is -2.86. The number of nitrogens with zero attached hydrogens (tertiary/aromatic N) is 3. The average molecular weight is 362 g/mol. The van der Waals surface area contributed by atoms with Crippen LogP contribution in [0.15, 0.2) is 64.4 Å². The molecule has 0 aliphatic rings. The summed E-state index contributed by atoms with van der Waals surface area (Å²) >= 11 is 1.53. The Labute approximate surface area is 155 Å². The first-order valence-corrected chi connectivity index (χ1v) is 9.30. The predicted octanol–water partition coefficient (Wildman–Crippen LogP) is 5.04. The summed E-state index contributed by atoms with van der Waals surface area (Å²) in [4.78, 5) is 9.12. The number of nitrogens with one attached hydrogen (secondary N) is 1. The summed E-state index contributed by atoms with van der Waals surface area (Å²) in [6.07, 6.45) is 1.70. The van der Waals surface area contributed by atoms with Crippen LogP contribution in [-0.2, 0) is 5.75 Å². The molecule has 0 atom stereocenters. The SMILES string of the molecule is Cc1ccc(-c2nc(CSc3n[nH]c(-c4ccccc4)n3)co2)c(C)c1. The van der Waals surface area contributed by atoms with Crippen molar-refractivity contribution in [1.29, 1.82) is 0 Å². The summed E-state index contributed by atoms with van der Waals surface area (Å²) in [5.41, 5.74) is 5.30. The standard InChI is InChI=1S/C20H18N4OS/c1-13-8-9-17(14(2)10-13)19-21-16(11-25-19)12-26-20-22-18(23-24-20)15-6-4-3-5-7-15/h3-11H,12H2,1-2H3,(H,22,23,24). The zero-order chi connectivity index (χ0) is 17.9. The highest BCUT2D eigenvalue weighted by atomic mass is 32.2. The van der Waals surface area contributed by atoms with E-state index < -0.39 is 0 Å². The van der Waals surface area contributed by atoms with Gasteiger partial charge in [-0.15, -0.1) is 5.10 Å². The summed E-state index contributed by atoms with van der Waals surface area (Å²) in [6.45, 7) is 4.15. The predicted molar refractivity (Wildman–Crippen MR) is 103 cm³/mol. The molecule has 0 fully saturated rings. The molecule has 2 heterocycles. The van der Waals surface area contributed by atoms with E-state index in [0.717, 1.165) is 28.2 Å². The van der Waals surface area contributed by atoms with Gasteiger partial charge in [-0.2, -0.15) is 0 Å². The zero-order valence-corrected chi connectivity index (χ0v) is 15.4. The third kappa shape index (κ3) is 3.55. The second-order valence-corrected chi connectivity index (χ2v) is 7.03. The third-order valence-electron chi connectivity index (χ3n) is 4.03. The fourth-order valence-corrected chi connectivity index (χ4v) is 3.40. The molecule has 1 N–H and O–H groups in total. The summed E-state index contributed by atoms with van der Waals surface area (Å²) in [5, 5.41) is 7.94. The molecule has 0 spiro atoms. The Kier molecular flexibility index (Phi) is 4.58. The highest BCUT2D eigenvalue weighted by Gasteiger charge is 2.11. The van der Waals surface area contributed by atoms with Crippen molar-refractivity contribution in [2.45, 2.75) is 24.8 Å². The Balaban J connectivity index is 1.45. The van der Waals surface area contributed by atoms with Crippen LogP contribution in [0.1, 0.15) is 16.8 Å². The normalized spacial score (nSPS) is 11.0. The van der Waals surface area contributed by atoms with Crippen LogP contribution in [0.25, 0.3) is 22.8 Å². The van der Waals surface area contributed by atoms with Crippen LogP contribution >= 0.6 is 11.8 Å². The van der Waals surface area contributed by atoms with E-state index in [4.69, 9.17) is 4.42 Å². The highest BCUT2D eigenvalue weighted by Crippen LogP contribution is 2.26. The number of aryl methyl sites for hydroxylation is 2. The maximum atomic E-state index is 5.66. The lowest BCUT2D eigenvalue weighted by Crippen LogP contribution is -1.86. The molecule has 0 amide bonds. The molecule has 26 heavy (non-hydrogen) atoms. The van der Waals surface area contributed by atoms with Gasteiger partial charge in [-0.05, 0) is 25.5 Å². The van der Waals surface area contributed by atoms with E-state index in [1.807, 2.05) is 30.3 Å². The summed E-state index contributed by atoms with van der Waals surface area (Å²) in [7, 11) is 0. The molecule has 4 aromatic rings. The molecular formula is C20H18N4OS. The zero-order valence-electron chi connectivity index (χ0n) is 14.6. The minimum atomic E-state index is 0.651. The van der Waals surface area contributed by atoms with Crippen molar-refractivity contribution in [1.82, 2.24) is 20.2 Å². The molecule has 0 bridgehead atoms. The molecule has 2 aromatic heterocycles. The van der Waals surface area contributed by atoms with Gasteiger partial charge < -0.3 is 4.42 Å². The molecule has 0 aliphatic carbocycles. The van der Waals surface area contributed by atoms with Gasteiger partial charge in [0, 0.05) is 16.9 Å². The Morgan fingerprint density at radius 2 is 1.88 bits per heavy atom. The van der Waals surface area contributed by atoms with Crippen LogP contribution in [0.5, 0.6) is 0 Å². The van der Waals surface area contributed by atoms with Gasteiger partial charge in [0.05, 0.1) is 5.69 Å². The minimum Gasteiger partial charge on any atom is -0.444 e. The number of aromatic amines is 1. The Morgan fingerprint density at radius 1 is 1.04 bits per heavy atom. The fourth-order valence-electron chi connectivity index (χ4n) is 2.73. The number of thioether (sulfide) groups is 1. The van der Waals surface area contributed by atoms with Crippen LogP contribution in [0, 0.1) is 13.8 Å². The topological polar surface area (TPSA) is 67.6 Å². The van der Waals surface area contributed by atoms with E-state index in [1.54, 1.807) is 6.26 Å². The molecule has 130 valence electrons. The van der Waals surface area contributed by atoms with Gasteiger partial charge in [0.15, 0.2) is 5.82 Å². The molecule has 2 aromatic carbocycles. The van der Waals surface area contributed by atoms with Gasteiger partial charge >= 0.3 is 0 Å². The number of rotatable bonds is 5. The van der Waals surface area contributed by atoms with Gasteiger partial charge in [-0.3, -0.25) is 5.10 Å². The number of H-pyrrole nitrogens is 1. The van der Waals surface area contributed by atoms with Crippen LogP contribution in [-0.4, -0.2) is 20.2 Å². The number of hydrogen-bond donors (Lipinski definition) is 1. The molecular weight excluding hydrogens is 344 g/mol. The first-order chi connectivity index (χ1) is 12.7. The lowest BCUT2D eigenvalue weighted by Gasteiger charge is -2.02. The Bertz CT molecular complexity index is 1020. The molecule has 0 radical (unpaired) electrons. The summed E-state index contributed by atoms with van der Waals surface area (Å²) in [6, 6.07) is 16.2. The van der Waals surface area contributed by atoms with Crippen molar-refractivity contribution >= 4 is 11.8 Å². The maximum absolute atomic E-state index is 5.66. The van der Waals surface area contributed by atoms with Crippen LogP contribution in [0.4, 0.5) is 0 Å². The molecule has 6 heteroatoms. The monoisotopic (exact) mass is 362 g/mol. The van der Waals surface area contributed by atoms with Gasteiger partial charge in [0.1, 0.15) is 6.26 Å². The van der Waals surface area contributed by atoms with Gasteiger partial charge in [0.25, 0.3) is 0 Å². The van der Waals surface area contributed by atoms with Gasteiger partial charge in [0.2, 0.25) is 11.0 Å². The van der Waals surface area contributed by atoms with E-state index in [-0.39, 0.29) is 0 Å². The van der Waals surface area contributed by atoms with E-state index in [1.165, 1.54) is 17.3 Å². The first-order valence-electron chi connectivity index (χ1n) is 8.32. The smallest absolute Gasteiger partial charge is 0.226 e. The summed E-state index contributed by atoms with van der Waals surface area (Å²) < 4.78 is 5.66. The largest absolute Gasteiger partial charge is 0.444 e. The molecule has 0 saturated carbocycles. The lowest BCUT2D eigenvalue weighted by atomic mass is 10.1. The van der Waals surface area contributed by atoms with Crippen molar-refractivity contribution in [3.63, 3.8) is 0 Å². The van der Waals surface area contributed by atoms with Crippen molar-refractivity contribution in [2.24, 2.45) is 0 Å². The number of aromatic nitrogens is 4. The fraction of sp³-hybridized carbons (Fsp3) is 0.150. The van der Waals surface area contributed by atoms with Gasteiger partial charge in [-0.1, -0.05) is 59.8 Å². The molecule has 0 saturated heterocycles. The quantitative estimate of drug-likeness (QED) is 0.504. The van der Waals surface area contributed by atoms with Crippen molar-refractivity contribution < 1.29 is 4.42 Å². The molecule has 0 aliphatic heterocycles. The van der Waals surface area contributed by atoms with E-state index in [9.17, 15) is 0 Å². The second kappa shape index (κ2) is 7.17. The summed E-state index contributed by atoms with van der Waals surface area (Å²) in [5.74, 6) is 2.07. The first kappa shape index (κ1) is 16.6. The third-order valence-corrected chi connectivity index (χ3v) is 4.91. The Morgan fingerprint density at radius 3 is 2.69 bits per heavy atom. The highest BCUT2D eigenvalue weighted by molar-refractivity contribution is 7.98. The van der Waals surface area contributed by atoms with Crippen molar-refractivity contribution in [3.8, 4) is 22.8 Å². The molecule has 5 nitrogen and oxygen atoms in total. The van der Waals surface area contributed by atoms with E-state index in [2.05, 4.69) is 52.2 Å². The van der Waals surface area contributed by atoms with Crippen LogP contribution in [0.2, 0.25) is 0 Å². The average Bonchev–Trinajstić information content (AvgIpc) is 3.30. The minimum absolute atomic E-state index is 0.651.